The van der Waals surface area contributed by atoms with E-state index in [9.17, 15) is 0 Å². The summed E-state index contributed by atoms with van der Waals surface area (Å²) in [5.74, 6) is 1.58. The molecule has 0 heterocycles. The first-order valence-corrected chi connectivity index (χ1v) is 7.46. The Morgan fingerprint density at radius 1 is 1.05 bits per heavy atom. The van der Waals surface area contributed by atoms with E-state index in [1.165, 1.54) is 0 Å². The van der Waals surface area contributed by atoms with E-state index in [0.29, 0.717) is 18.2 Å². The Labute approximate surface area is 130 Å². The summed E-state index contributed by atoms with van der Waals surface area (Å²) in [5.41, 5.74) is 6.71. The Morgan fingerprint density at radius 2 is 1.71 bits per heavy atom. The van der Waals surface area contributed by atoms with E-state index in [-0.39, 0.29) is 6.10 Å². The highest BCUT2D eigenvalue weighted by atomic mass is 35.5. The van der Waals surface area contributed by atoms with Gasteiger partial charge in [-0.2, -0.15) is 0 Å². The summed E-state index contributed by atoms with van der Waals surface area (Å²) in [7, 11) is 0. The number of benzene rings is 2. The third-order valence-corrected chi connectivity index (χ3v) is 3.39. The van der Waals surface area contributed by atoms with Crippen molar-refractivity contribution in [2.45, 2.75) is 19.4 Å². The molecule has 1 unspecified atom stereocenters. The van der Waals surface area contributed by atoms with E-state index >= 15 is 0 Å². The molecule has 1 atom stereocenters. The smallest absolute Gasteiger partial charge is 0.137 e. The molecule has 2 aromatic rings. The highest BCUT2D eigenvalue weighted by Gasteiger charge is 2.14. The molecule has 0 fully saturated rings. The number of rotatable bonds is 7. The monoisotopic (exact) mass is 305 g/mol. The zero-order valence-corrected chi connectivity index (χ0v) is 12.8. The number of ether oxygens (including phenoxy) is 2. The zero-order chi connectivity index (χ0) is 15.1. The Hall–Kier alpha value is -1.71. The van der Waals surface area contributed by atoms with Crippen molar-refractivity contribution in [2.75, 3.05) is 13.2 Å². The first-order chi connectivity index (χ1) is 10.2. The molecule has 2 aromatic carbocycles. The summed E-state index contributed by atoms with van der Waals surface area (Å²) in [4.78, 5) is 0. The van der Waals surface area contributed by atoms with E-state index in [4.69, 9.17) is 26.8 Å². The van der Waals surface area contributed by atoms with Crippen LogP contribution in [0.15, 0.2) is 48.5 Å². The maximum absolute atomic E-state index is 6.19. The van der Waals surface area contributed by atoms with Gasteiger partial charge in [-0.05, 0) is 36.8 Å². The highest BCUT2D eigenvalue weighted by molar-refractivity contribution is 6.31. The van der Waals surface area contributed by atoms with Crippen LogP contribution in [0.2, 0.25) is 5.02 Å². The first-order valence-electron chi connectivity index (χ1n) is 7.08. The second kappa shape index (κ2) is 7.91. The number of halogens is 1. The van der Waals surface area contributed by atoms with Gasteiger partial charge in [0.25, 0.3) is 0 Å². The van der Waals surface area contributed by atoms with E-state index in [1.54, 1.807) is 0 Å². The van der Waals surface area contributed by atoms with Crippen molar-refractivity contribution in [3.05, 3.63) is 59.1 Å². The number of hydrogen-bond acceptors (Lipinski definition) is 3. The number of nitrogens with two attached hydrogens (primary N) is 1. The molecule has 0 spiro atoms. The van der Waals surface area contributed by atoms with Gasteiger partial charge in [-0.15, -0.1) is 0 Å². The fourth-order valence-corrected chi connectivity index (χ4v) is 2.23. The van der Waals surface area contributed by atoms with Crippen LogP contribution < -0.4 is 15.2 Å². The molecular weight excluding hydrogens is 286 g/mol. The van der Waals surface area contributed by atoms with Crippen molar-refractivity contribution in [3.63, 3.8) is 0 Å². The molecule has 4 heteroatoms. The molecular formula is C17H20ClNO2. The number of hydrogen-bond donors (Lipinski definition) is 1. The lowest BCUT2D eigenvalue weighted by Gasteiger charge is -2.19. The van der Waals surface area contributed by atoms with Gasteiger partial charge in [-0.25, -0.2) is 0 Å². The van der Waals surface area contributed by atoms with Crippen molar-refractivity contribution >= 4 is 11.6 Å². The highest BCUT2D eigenvalue weighted by Crippen LogP contribution is 2.27. The molecule has 0 aromatic heterocycles. The van der Waals surface area contributed by atoms with Gasteiger partial charge < -0.3 is 15.2 Å². The van der Waals surface area contributed by atoms with Gasteiger partial charge in [0, 0.05) is 17.1 Å². The second-order valence-electron chi connectivity index (χ2n) is 4.68. The third-order valence-electron chi connectivity index (χ3n) is 3.04. The molecule has 0 amide bonds. The van der Waals surface area contributed by atoms with Crippen LogP contribution in [-0.4, -0.2) is 13.2 Å². The maximum Gasteiger partial charge on any atom is 0.137 e. The van der Waals surface area contributed by atoms with Crippen LogP contribution in [0, 0.1) is 0 Å². The molecule has 3 nitrogen and oxygen atoms in total. The second-order valence-corrected chi connectivity index (χ2v) is 5.09. The van der Waals surface area contributed by atoms with Crippen molar-refractivity contribution in [2.24, 2.45) is 5.73 Å². The third kappa shape index (κ3) is 4.38. The quantitative estimate of drug-likeness (QED) is 0.833. The Morgan fingerprint density at radius 3 is 2.33 bits per heavy atom. The molecule has 0 bridgehead atoms. The summed E-state index contributed by atoms with van der Waals surface area (Å²) < 4.78 is 11.5. The van der Waals surface area contributed by atoms with Crippen LogP contribution >= 0.6 is 11.6 Å². The van der Waals surface area contributed by atoms with Gasteiger partial charge in [0.15, 0.2) is 0 Å². The lowest BCUT2D eigenvalue weighted by molar-refractivity contribution is 0.214. The molecule has 0 saturated carbocycles. The molecule has 0 aliphatic rings. The zero-order valence-electron chi connectivity index (χ0n) is 12.1. The minimum absolute atomic E-state index is 0.263. The standard InChI is InChI=1S/C17H20ClNO2/c1-2-11-20-13-7-9-14(10-8-13)21-17(12-19)15-5-3-4-6-16(15)18/h3-10,17H,2,11-12,19H2,1H3. The van der Waals surface area contributed by atoms with Crippen LogP contribution in [0.1, 0.15) is 25.0 Å². The lowest BCUT2D eigenvalue weighted by atomic mass is 10.1. The van der Waals surface area contributed by atoms with Gasteiger partial charge >= 0.3 is 0 Å². The Balaban J connectivity index is 2.07. The Kier molecular flexibility index (Phi) is 5.90. The molecule has 0 aliphatic heterocycles. The van der Waals surface area contributed by atoms with Crippen LogP contribution in [0.25, 0.3) is 0 Å². The summed E-state index contributed by atoms with van der Waals surface area (Å²) in [6, 6.07) is 15.1. The van der Waals surface area contributed by atoms with Gasteiger partial charge in [0.1, 0.15) is 17.6 Å². The van der Waals surface area contributed by atoms with E-state index < -0.39 is 0 Å². The van der Waals surface area contributed by atoms with Crippen molar-refractivity contribution in [1.82, 2.24) is 0 Å². The molecule has 21 heavy (non-hydrogen) atoms. The molecule has 2 rings (SSSR count). The SMILES string of the molecule is CCCOc1ccc(OC(CN)c2ccccc2Cl)cc1. The van der Waals surface area contributed by atoms with Gasteiger partial charge in [-0.3, -0.25) is 0 Å². The average molecular weight is 306 g/mol. The van der Waals surface area contributed by atoms with E-state index in [2.05, 4.69) is 6.92 Å². The van der Waals surface area contributed by atoms with Gasteiger partial charge in [0.2, 0.25) is 0 Å². The summed E-state index contributed by atoms with van der Waals surface area (Å²) in [6.07, 6.45) is 0.723. The van der Waals surface area contributed by atoms with E-state index in [1.807, 2.05) is 48.5 Å². The maximum atomic E-state index is 6.19. The topological polar surface area (TPSA) is 44.5 Å². The molecule has 112 valence electrons. The van der Waals surface area contributed by atoms with Gasteiger partial charge in [0.05, 0.1) is 6.61 Å². The molecule has 0 saturated heterocycles. The normalized spacial score (nSPS) is 12.0. The minimum Gasteiger partial charge on any atom is -0.494 e. The predicted octanol–water partition coefficient (Wildman–Crippen LogP) is 4.21. The fourth-order valence-electron chi connectivity index (χ4n) is 1.97. The molecule has 2 N–H and O–H groups in total. The molecule has 0 aliphatic carbocycles. The van der Waals surface area contributed by atoms with Crippen LogP contribution in [-0.2, 0) is 0 Å². The van der Waals surface area contributed by atoms with Crippen LogP contribution in [0.5, 0.6) is 11.5 Å². The molecule has 0 radical (unpaired) electrons. The van der Waals surface area contributed by atoms with Crippen molar-refractivity contribution in [3.8, 4) is 11.5 Å². The van der Waals surface area contributed by atoms with Crippen molar-refractivity contribution in [1.29, 1.82) is 0 Å². The predicted molar refractivity (Wildman–Crippen MR) is 86.1 cm³/mol. The lowest BCUT2D eigenvalue weighted by Crippen LogP contribution is -2.18. The fraction of sp³-hybridized carbons (Fsp3) is 0.294. The first kappa shape index (κ1) is 15.7. The summed E-state index contributed by atoms with van der Waals surface area (Å²) in [5, 5.41) is 0.663. The Bertz CT molecular complexity index is 557. The summed E-state index contributed by atoms with van der Waals surface area (Å²) >= 11 is 6.19. The largest absolute Gasteiger partial charge is 0.494 e. The van der Waals surface area contributed by atoms with Gasteiger partial charge in [-0.1, -0.05) is 36.7 Å². The van der Waals surface area contributed by atoms with Crippen LogP contribution in [0.3, 0.4) is 0 Å². The van der Waals surface area contributed by atoms with E-state index in [0.717, 1.165) is 23.5 Å². The average Bonchev–Trinajstić information content (AvgIpc) is 2.52. The summed E-state index contributed by atoms with van der Waals surface area (Å²) in [6.45, 7) is 3.15. The minimum atomic E-state index is -0.263. The van der Waals surface area contributed by atoms with Crippen molar-refractivity contribution < 1.29 is 9.47 Å². The van der Waals surface area contributed by atoms with Crippen LogP contribution in [0.4, 0.5) is 0 Å².